The fourth-order valence-corrected chi connectivity index (χ4v) is 1.73. The molecule has 1 atom stereocenters. The van der Waals surface area contributed by atoms with E-state index < -0.39 is 5.60 Å². The van der Waals surface area contributed by atoms with Crippen LogP contribution in [0, 0.1) is 5.92 Å². The minimum Gasteiger partial charge on any atom is -0.493 e. The van der Waals surface area contributed by atoms with Crippen LogP contribution in [0.3, 0.4) is 0 Å². The van der Waals surface area contributed by atoms with Crippen molar-refractivity contribution in [1.29, 1.82) is 0 Å². The molecule has 0 radical (unpaired) electrons. The van der Waals surface area contributed by atoms with E-state index in [2.05, 4.69) is 0 Å². The smallest absolute Gasteiger partial charge is 0.161 e. The van der Waals surface area contributed by atoms with E-state index >= 15 is 0 Å². The number of nitrogens with two attached hydrogens (primary N) is 1. The monoisotopic (exact) mass is 251 g/mol. The SMILES string of the molecule is COc1ccc(C(C)(O)CN)cc1OCC1CC1. The molecule has 1 aliphatic rings. The van der Waals surface area contributed by atoms with Gasteiger partial charge in [-0.05, 0) is 43.4 Å². The molecule has 0 amide bonds. The van der Waals surface area contributed by atoms with Crippen LogP contribution < -0.4 is 15.2 Å². The molecule has 1 aliphatic carbocycles. The summed E-state index contributed by atoms with van der Waals surface area (Å²) in [5.41, 5.74) is 5.28. The summed E-state index contributed by atoms with van der Waals surface area (Å²) in [7, 11) is 1.61. The summed E-state index contributed by atoms with van der Waals surface area (Å²) in [5, 5.41) is 10.2. The van der Waals surface area contributed by atoms with E-state index in [4.69, 9.17) is 15.2 Å². The third-order valence-corrected chi connectivity index (χ3v) is 3.35. The van der Waals surface area contributed by atoms with E-state index in [1.54, 1.807) is 14.0 Å². The summed E-state index contributed by atoms with van der Waals surface area (Å²) in [6.07, 6.45) is 2.48. The average molecular weight is 251 g/mol. The molecule has 0 saturated heterocycles. The number of hydrogen-bond acceptors (Lipinski definition) is 4. The maximum Gasteiger partial charge on any atom is 0.161 e. The van der Waals surface area contributed by atoms with Crippen LogP contribution in [0.4, 0.5) is 0 Å². The number of methoxy groups -OCH3 is 1. The normalized spacial score (nSPS) is 18.2. The quantitative estimate of drug-likeness (QED) is 0.807. The summed E-state index contributed by atoms with van der Waals surface area (Å²) in [6, 6.07) is 5.44. The van der Waals surface area contributed by atoms with E-state index in [1.165, 1.54) is 12.8 Å². The minimum absolute atomic E-state index is 0.168. The highest BCUT2D eigenvalue weighted by Gasteiger charge is 2.25. The fourth-order valence-electron chi connectivity index (χ4n) is 1.73. The number of aliphatic hydroxyl groups is 1. The summed E-state index contributed by atoms with van der Waals surface area (Å²) in [6.45, 7) is 2.57. The Labute approximate surface area is 108 Å². The molecule has 0 aliphatic heterocycles. The average Bonchev–Trinajstić information content (AvgIpc) is 3.20. The largest absolute Gasteiger partial charge is 0.493 e. The van der Waals surface area contributed by atoms with E-state index in [0.29, 0.717) is 24.0 Å². The lowest BCUT2D eigenvalue weighted by atomic mass is 9.96. The van der Waals surface area contributed by atoms with Crippen molar-refractivity contribution in [3.8, 4) is 11.5 Å². The Morgan fingerprint density at radius 3 is 2.67 bits per heavy atom. The van der Waals surface area contributed by atoms with Crippen LogP contribution in [-0.2, 0) is 5.60 Å². The summed E-state index contributed by atoms with van der Waals surface area (Å²) >= 11 is 0. The van der Waals surface area contributed by atoms with Crippen LogP contribution in [0.25, 0.3) is 0 Å². The first-order valence-electron chi connectivity index (χ1n) is 6.30. The molecule has 0 spiro atoms. The van der Waals surface area contributed by atoms with Crippen LogP contribution in [0.5, 0.6) is 11.5 Å². The Morgan fingerprint density at radius 2 is 2.11 bits per heavy atom. The van der Waals surface area contributed by atoms with Gasteiger partial charge in [-0.1, -0.05) is 6.07 Å². The van der Waals surface area contributed by atoms with Gasteiger partial charge < -0.3 is 20.3 Å². The van der Waals surface area contributed by atoms with Crippen molar-refractivity contribution in [2.24, 2.45) is 11.7 Å². The van der Waals surface area contributed by atoms with E-state index in [-0.39, 0.29) is 6.54 Å². The van der Waals surface area contributed by atoms with Crippen LogP contribution in [0.15, 0.2) is 18.2 Å². The van der Waals surface area contributed by atoms with Crippen molar-refractivity contribution in [2.45, 2.75) is 25.4 Å². The number of benzene rings is 1. The molecule has 2 rings (SSSR count). The first-order chi connectivity index (χ1) is 8.56. The molecular weight excluding hydrogens is 230 g/mol. The van der Waals surface area contributed by atoms with Gasteiger partial charge in [0, 0.05) is 6.54 Å². The van der Waals surface area contributed by atoms with Gasteiger partial charge in [-0.15, -0.1) is 0 Å². The second-order valence-electron chi connectivity index (χ2n) is 5.10. The highest BCUT2D eigenvalue weighted by molar-refractivity contribution is 5.44. The number of rotatable bonds is 6. The van der Waals surface area contributed by atoms with Gasteiger partial charge in [0.25, 0.3) is 0 Å². The molecule has 3 N–H and O–H groups in total. The molecule has 0 bridgehead atoms. The van der Waals surface area contributed by atoms with Gasteiger partial charge in [-0.2, -0.15) is 0 Å². The van der Waals surface area contributed by atoms with E-state index in [9.17, 15) is 5.11 Å². The molecule has 0 aromatic heterocycles. The van der Waals surface area contributed by atoms with Crippen LogP contribution >= 0.6 is 0 Å². The highest BCUT2D eigenvalue weighted by Crippen LogP contribution is 2.35. The Balaban J connectivity index is 2.20. The molecule has 1 aromatic rings. The Morgan fingerprint density at radius 1 is 1.39 bits per heavy atom. The van der Waals surface area contributed by atoms with Gasteiger partial charge in [0.1, 0.15) is 0 Å². The third-order valence-electron chi connectivity index (χ3n) is 3.35. The first-order valence-corrected chi connectivity index (χ1v) is 6.30. The second-order valence-corrected chi connectivity index (χ2v) is 5.10. The van der Waals surface area contributed by atoms with Gasteiger partial charge in [0.05, 0.1) is 19.3 Å². The molecule has 0 heterocycles. The van der Waals surface area contributed by atoms with Gasteiger partial charge in [0.2, 0.25) is 0 Å². The Kier molecular flexibility index (Phi) is 3.78. The number of ether oxygens (including phenoxy) is 2. The van der Waals surface area contributed by atoms with Gasteiger partial charge in [-0.3, -0.25) is 0 Å². The molecule has 1 aromatic carbocycles. The van der Waals surface area contributed by atoms with Gasteiger partial charge in [0.15, 0.2) is 11.5 Å². The predicted octanol–water partition coefficient (Wildman–Crippen LogP) is 1.65. The molecular formula is C14H21NO3. The van der Waals surface area contributed by atoms with Crippen molar-refractivity contribution >= 4 is 0 Å². The van der Waals surface area contributed by atoms with E-state index in [1.807, 2.05) is 18.2 Å². The molecule has 4 heteroatoms. The number of hydrogen-bond donors (Lipinski definition) is 2. The molecule has 100 valence electrons. The molecule has 1 unspecified atom stereocenters. The Bertz CT molecular complexity index is 414. The zero-order chi connectivity index (χ0) is 13.2. The summed E-state index contributed by atoms with van der Waals surface area (Å²) in [4.78, 5) is 0. The van der Waals surface area contributed by atoms with Crippen molar-refractivity contribution in [2.75, 3.05) is 20.3 Å². The minimum atomic E-state index is -1.04. The van der Waals surface area contributed by atoms with Crippen molar-refractivity contribution in [3.05, 3.63) is 23.8 Å². The molecule has 18 heavy (non-hydrogen) atoms. The van der Waals surface area contributed by atoms with Crippen molar-refractivity contribution in [3.63, 3.8) is 0 Å². The molecule has 4 nitrogen and oxygen atoms in total. The van der Waals surface area contributed by atoms with Crippen LogP contribution in [0.2, 0.25) is 0 Å². The zero-order valence-electron chi connectivity index (χ0n) is 11.0. The summed E-state index contributed by atoms with van der Waals surface area (Å²) in [5.74, 6) is 2.04. The van der Waals surface area contributed by atoms with Crippen molar-refractivity contribution < 1.29 is 14.6 Å². The highest BCUT2D eigenvalue weighted by atomic mass is 16.5. The molecule has 1 fully saturated rings. The van der Waals surface area contributed by atoms with E-state index in [0.717, 1.165) is 5.56 Å². The topological polar surface area (TPSA) is 64.7 Å². The maximum absolute atomic E-state index is 10.2. The zero-order valence-corrected chi connectivity index (χ0v) is 11.0. The lowest BCUT2D eigenvalue weighted by molar-refractivity contribution is 0.0664. The first kappa shape index (κ1) is 13.2. The standard InChI is InChI=1S/C14H21NO3/c1-14(16,9-15)11-5-6-12(17-2)13(7-11)18-8-10-3-4-10/h5-7,10,16H,3-4,8-9,15H2,1-2H3. The lowest BCUT2D eigenvalue weighted by Gasteiger charge is -2.23. The van der Waals surface area contributed by atoms with Gasteiger partial charge >= 0.3 is 0 Å². The van der Waals surface area contributed by atoms with Gasteiger partial charge in [-0.25, -0.2) is 0 Å². The van der Waals surface area contributed by atoms with Crippen LogP contribution in [-0.4, -0.2) is 25.4 Å². The Hall–Kier alpha value is -1.26. The molecule has 1 saturated carbocycles. The lowest BCUT2D eigenvalue weighted by Crippen LogP contribution is -2.31. The predicted molar refractivity (Wildman–Crippen MR) is 69.8 cm³/mol. The third kappa shape index (κ3) is 2.94. The van der Waals surface area contributed by atoms with Crippen LogP contribution in [0.1, 0.15) is 25.3 Å². The second kappa shape index (κ2) is 5.16. The fraction of sp³-hybridized carbons (Fsp3) is 0.571. The van der Waals surface area contributed by atoms with Crippen molar-refractivity contribution in [1.82, 2.24) is 0 Å². The maximum atomic E-state index is 10.2. The summed E-state index contributed by atoms with van der Waals surface area (Å²) < 4.78 is 11.0.